The topological polar surface area (TPSA) is 118 Å². The fraction of sp³-hybridized carbons (Fsp3) is 0.500. The summed E-state index contributed by atoms with van der Waals surface area (Å²) in [4.78, 5) is 25.9. The normalized spacial score (nSPS) is 17.3. The minimum atomic E-state index is -0.950. The molecule has 1 aliphatic rings. The van der Waals surface area contributed by atoms with Crippen LogP contribution >= 0.6 is 0 Å². The molecule has 2 atom stereocenters. The third-order valence-corrected chi connectivity index (χ3v) is 4.35. The van der Waals surface area contributed by atoms with Crippen LogP contribution in [0.2, 0.25) is 0 Å². The summed E-state index contributed by atoms with van der Waals surface area (Å²) in [5, 5.41) is 11.8. The molecule has 8 nitrogen and oxygen atoms in total. The molecule has 140 valence electrons. The smallest absolute Gasteiger partial charge is 0.241 e. The van der Waals surface area contributed by atoms with E-state index in [9.17, 15) is 9.59 Å². The number of carbonyl (C=O) groups excluding carboxylic acids is 2. The maximum absolute atomic E-state index is 12.3. The monoisotopic (exact) mass is 360 g/mol. The Bertz CT molecular complexity index is 701. The van der Waals surface area contributed by atoms with E-state index in [1.165, 1.54) is 12.0 Å². The molecule has 0 radical (unpaired) electrons. The second-order valence-electron chi connectivity index (χ2n) is 6.10. The van der Waals surface area contributed by atoms with E-state index in [1.54, 1.807) is 19.2 Å². The molecule has 2 rings (SSSR count). The number of rotatable bonds is 7. The molecule has 1 aromatic carbocycles. The van der Waals surface area contributed by atoms with Gasteiger partial charge in [0.05, 0.1) is 32.8 Å². The lowest BCUT2D eigenvalue weighted by Crippen LogP contribution is -2.47. The van der Waals surface area contributed by atoms with E-state index in [2.05, 4.69) is 11.4 Å². The predicted molar refractivity (Wildman–Crippen MR) is 94.3 cm³/mol. The van der Waals surface area contributed by atoms with Crippen molar-refractivity contribution in [2.24, 2.45) is 5.73 Å². The zero-order valence-electron chi connectivity index (χ0n) is 15.0. The van der Waals surface area contributed by atoms with Gasteiger partial charge in [0, 0.05) is 13.1 Å². The second-order valence-corrected chi connectivity index (χ2v) is 6.10. The molecule has 2 unspecified atom stereocenters. The molecule has 0 saturated carbocycles. The first-order chi connectivity index (χ1) is 12.5. The van der Waals surface area contributed by atoms with Gasteiger partial charge >= 0.3 is 0 Å². The molecule has 0 aliphatic carbocycles. The highest BCUT2D eigenvalue weighted by molar-refractivity contribution is 5.88. The number of amides is 2. The number of nitrogens with one attached hydrogen (secondary N) is 1. The molecule has 0 aromatic heterocycles. The number of nitriles is 1. The average molecular weight is 360 g/mol. The minimum Gasteiger partial charge on any atom is -0.493 e. The quantitative estimate of drug-likeness (QED) is 0.733. The van der Waals surface area contributed by atoms with Crippen molar-refractivity contribution in [1.29, 1.82) is 5.26 Å². The lowest BCUT2D eigenvalue weighted by molar-refractivity contribution is -0.135. The van der Waals surface area contributed by atoms with Gasteiger partial charge in [-0.2, -0.15) is 5.26 Å². The van der Waals surface area contributed by atoms with Gasteiger partial charge in [0.15, 0.2) is 11.5 Å². The molecule has 2 amide bonds. The Morgan fingerprint density at radius 2 is 2.12 bits per heavy atom. The van der Waals surface area contributed by atoms with Gasteiger partial charge in [-0.15, -0.1) is 0 Å². The van der Waals surface area contributed by atoms with Gasteiger partial charge in [0.25, 0.3) is 0 Å². The van der Waals surface area contributed by atoms with Crippen molar-refractivity contribution in [2.45, 2.75) is 37.9 Å². The molecule has 26 heavy (non-hydrogen) atoms. The van der Waals surface area contributed by atoms with Crippen LogP contribution in [0.4, 0.5) is 0 Å². The SMILES string of the molecule is COc1ccc(CNC(=O)CC(N)C(=O)N2CCCC2C#N)cc1OC. The van der Waals surface area contributed by atoms with E-state index in [4.69, 9.17) is 20.5 Å². The van der Waals surface area contributed by atoms with E-state index >= 15 is 0 Å². The summed E-state index contributed by atoms with van der Waals surface area (Å²) < 4.78 is 10.4. The largest absolute Gasteiger partial charge is 0.493 e. The summed E-state index contributed by atoms with van der Waals surface area (Å²) in [5.41, 5.74) is 6.70. The third kappa shape index (κ3) is 4.64. The van der Waals surface area contributed by atoms with Crippen molar-refractivity contribution in [1.82, 2.24) is 10.2 Å². The lowest BCUT2D eigenvalue weighted by atomic mass is 10.1. The van der Waals surface area contributed by atoms with Crippen LogP contribution in [0.3, 0.4) is 0 Å². The molecule has 1 aliphatic heterocycles. The van der Waals surface area contributed by atoms with Gasteiger partial charge in [-0.25, -0.2) is 0 Å². The molecule has 0 bridgehead atoms. The van der Waals surface area contributed by atoms with Crippen LogP contribution in [0.1, 0.15) is 24.8 Å². The predicted octanol–water partition coefficient (Wildman–Crippen LogP) is 0.552. The number of ether oxygens (including phenoxy) is 2. The lowest BCUT2D eigenvalue weighted by Gasteiger charge is -2.23. The highest BCUT2D eigenvalue weighted by atomic mass is 16.5. The number of likely N-dealkylation sites (tertiary alicyclic amines) is 1. The van der Waals surface area contributed by atoms with Crippen LogP contribution in [-0.4, -0.2) is 49.6 Å². The van der Waals surface area contributed by atoms with E-state index in [1.807, 2.05) is 6.07 Å². The highest BCUT2D eigenvalue weighted by Gasteiger charge is 2.32. The molecule has 1 fully saturated rings. The number of carbonyl (C=O) groups is 2. The van der Waals surface area contributed by atoms with Crippen molar-refractivity contribution < 1.29 is 19.1 Å². The van der Waals surface area contributed by atoms with Crippen LogP contribution in [0.5, 0.6) is 11.5 Å². The van der Waals surface area contributed by atoms with Crippen molar-refractivity contribution >= 4 is 11.8 Å². The third-order valence-electron chi connectivity index (χ3n) is 4.35. The standard InChI is InChI=1S/C18H24N4O4/c1-25-15-6-5-12(8-16(15)26-2)11-21-17(23)9-14(20)18(24)22-7-3-4-13(22)10-19/h5-6,8,13-14H,3-4,7,9,11,20H2,1-2H3,(H,21,23). The second kappa shape index (κ2) is 9.06. The van der Waals surface area contributed by atoms with Crippen LogP contribution < -0.4 is 20.5 Å². The summed E-state index contributed by atoms with van der Waals surface area (Å²) in [6, 6.07) is 6.04. The molecule has 8 heteroatoms. The fourth-order valence-electron chi connectivity index (χ4n) is 2.93. The molecular formula is C18H24N4O4. The van der Waals surface area contributed by atoms with Gasteiger partial charge in [-0.3, -0.25) is 9.59 Å². The summed E-state index contributed by atoms with van der Waals surface area (Å²) in [6.07, 6.45) is 1.31. The van der Waals surface area contributed by atoms with Gasteiger partial charge in [0.2, 0.25) is 11.8 Å². The Balaban J connectivity index is 1.86. The molecule has 1 saturated heterocycles. The van der Waals surface area contributed by atoms with Crippen LogP contribution in [0, 0.1) is 11.3 Å². The number of methoxy groups -OCH3 is 2. The highest BCUT2D eigenvalue weighted by Crippen LogP contribution is 2.27. The Kier molecular flexibility index (Phi) is 6.81. The van der Waals surface area contributed by atoms with Crippen LogP contribution in [-0.2, 0) is 16.1 Å². The number of hydrogen-bond acceptors (Lipinski definition) is 6. The first-order valence-corrected chi connectivity index (χ1v) is 8.43. The Morgan fingerprint density at radius 3 is 2.77 bits per heavy atom. The van der Waals surface area contributed by atoms with E-state index in [0.717, 1.165) is 12.0 Å². The van der Waals surface area contributed by atoms with E-state index in [-0.39, 0.29) is 24.8 Å². The Morgan fingerprint density at radius 1 is 1.38 bits per heavy atom. The summed E-state index contributed by atoms with van der Waals surface area (Å²) in [5.74, 6) is 0.499. The van der Waals surface area contributed by atoms with Crippen molar-refractivity contribution in [2.75, 3.05) is 20.8 Å². The number of benzene rings is 1. The fourth-order valence-corrected chi connectivity index (χ4v) is 2.93. The number of nitrogens with zero attached hydrogens (tertiary/aromatic N) is 2. The Labute approximate surface area is 152 Å². The van der Waals surface area contributed by atoms with E-state index in [0.29, 0.717) is 24.5 Å². The van der Waals surface area contributed by atoms with Gasteiger partial charge in [-0.05, 0) is 30.5 Å². The van der Waals surface area contributed by atoms with Gasteiger partial charge in [0.1, 0.15) is 6.04 Å². The summed E-state index contributed by atoms with van der Waals surface area (Å²) in [6.45, 7) is 0.794. The summed E-state index contributed by atoms with van der Waals surface area (Å²) in [7, 11) is 3.09. The van der Waals surface area contributed by atoms with Crippen molar-refractivity contribution in [3.05, 3.63) is 23.8 Å². The first-order valence-electron chi connectivity index (χ1n) is 8.43. The molecular weight excluding hydrogens is 336 g/mol. The first kappa shape index (κ1) is 19.5. The minimum absolute atomic E-state index is 0.124. The molecule has 3 N–H and O–H groups in total. The molecule has 1 heterocycles. The average Bonchev–Trinajstić information content (AvgIpc) is 3.14. The molecule has 1 aromatic rings. The van der Waals surface area contributed by atoms with Gasteiger partial charge in [-0.1, -0.05) is 6.07 Å². The maximum Gasteiger partial charge on any atom is 0.241 e. The van der Waals surface area contributed by atoms with E-state index < -0.39 is 12.1 Å². The van der Waals surface area contributed by atoms with Crippen molar-refractivity contribution in [3.63, 3.8) is 0 Å². The number of nitrogens with two attached hydrogens (primary N) is 1. The summed E-state index contributed by atoms with van der Waals surface area (Å²) >= 11 is 0. The molecule has 0 spiro atoms. The van der Waals surface area contributed by atoms with Gasteiger partial charge < -0.3 is 25.4 Å². The zero-order valence-corrected chi connectivity index (χ0v) is 15.0. The Hall–Kier alpha value is -2.79. The van der Waals surface area contributed by atoms with Crippen molar-refractivity contribution in [3.8, 4) is 17.6 Å². The maximum atomic E-state index is 12.3. The number of hydrogen-bond donors (Lipinski definition) is 2. The van der Waals surface area contributed by atoms with Crippen LogP contribution in [0.15, 0.2) is 18.2 Å². The van der Waals surface area contributed by atoms with Crippen LogP contribution in [0.25, 0.3) is 0 Å². The zero-order chi connectivity index (χ0) is 19.1.